The standard InChI is InChI=1S/C15H15ClN4S/c1-9-14(10(2)19(3)18-9)17-15(21)20-7-6-11-4-5-12(16)8-13(11)20/h4-8H,1-3H3,(H,17,21). The number of aryl methyl sites for hydroxylation is 2. The normalized spacial score (nSPS) is 11.0. The van der Waals surface area contributed by atoms with Crippen LogP contribution in [0.25, 0.3) is 10.9 Å². The van der Waals surface area contributed by atoms with Gasteiger partial charge in [-0.3, -0.25) is 9.25 Å². The van der Waals surface area contributed by atoms with Gasteiger partial charge in [-0.25, -0.2) is 0 Å². The second kappa shape index (κ2) is 5.16. The molecule has 21 heavy (non-hydrogen) atoms. The van der Waals surface area contributed by atoms with E-state index < -0.39 is 0 Å². The molecule has 1 N–H and O–H groups in total. The number of rotatable bonds is 1. The summed E-state index contributed by atoms with van der Waals surface area (Å²) in [7, 11) is 1.92. The lowest BCUT2D eigenvalue weighted by Gasteiger charge is -2.11. The third kappa shape index (κ3) is 2.43. The van der Waals surface area contributed by atoms with Gasteiger partial charge in [0.15, 0.2) is 5.11 Å². The van der Waals surface area contributed by atoms with Crippen molar-refractivity contribution in [3.63, 3.8) is 0 Å². The summed E-state index contributed by atoms with van der Waals surface area (Å²) >= 11 is 11.6. The van der Waals surface area contributed by atoms with Crippen LogP contribution in [-0.4, -0.2) is 19.5 Å². The molecule has 0 spiro atoms. The van der Waals surface area contributed by atoms with Gasteiger partial charge in [-0.2, -0.15) is 5.10 Å². The average Bonchev–Trinajstić information content (AvgIpc) is 2.95. The van der Waals surface area contributed by atoms with E-state index in [1.807, 2.05) is 60.6 Å². The number of aromatic nitrogens is 3. The number of benzene rings is 1. The van der Waals surface area contributed by atoms with Crippen LogP contribution in [0, 0.1) is 13.8 Å². The number of hydrogen-bond donors (Lipinski definition) is 1. The van der Waals surface area contributed by atoms with Crippen LogP contribution < -0.4 is 5.32 Å². The zero-order chi connectivity index (χ0) is 15.1. The molecule has 0 amide bonds. The van der Waals surface area contributed by atoms with Crippen LogP contribution in [0.15, 0.2) is 30.5 Å². The summed E-state index contributed by atoms with van der Waals surface area (Å²) in [5.74, 6) is 0. The van der Waals surface area contributed by atoms with Crippen molar-refractivity contribution < 1.29 is 0 Å². The highest BCUT2D eigenvalue weighted by Gasteiger charge is 2.12. The molecule has 0 radical (unpaired) electrons. The summed E-state index contributed by atoms with van der Waals surface area (Å²) in [5, 5.41) is 10.1. The second-order valence-electron chi connectivity index (χ2n) is 4.99. The molecule has 4 nitrogen and oxygen atoms in total. The molecule has 0 fully saturated rings. The van der Waals surface area contributed by atoms with E-state index in [4.69, 9.17) is 23.8 Å². The van der Waals surface area contributed by atoms with Gasteiger partial charge in [-0.05, 0) is 44.3 Å². The van der Waals surface area contributed by atoms with Gasteiger partial charge in [0, 0.05) is 23.7 Å². The molecule has 0 aliphatic heterocycles. The van der Waals surface area contributed by atoms with Gasteiger partial charge >= 0.3 is 0 Å². The van der Waals surface area contributed by atoms with E-state index in [-0.39, 0.29) is 0 Å². The molecule has 0 saturated heterocycles. The predicted molar refractivity (Wildman–Crippen MR) is 91.2 cm³/mol. The lowest BCUT2D eigenvalue weighted by Crippen LogP contribution is -2.18. The second-order valence-corrected chi connectivity index (χ2v) is 5.81. The Morgan fingerprint density at radius 2 is 2.05 bits per heavy atom. The summed E-state index contributed by atoms with van der Waals surface area (Å²) < 4.78 is 3.76. The minimum absolute atomic E-state index is 0.603. The number of fused-ring (bicyclic) bond motifs is 1. The fourth-order valence-corrected chi connectivity index (χ4v) is 2.83. The largest absolute Gasteiger partial charge is 0.329 e. The molecule has 0 atom stereocenters. The highest BCUT2D eigenvalue weighted by atomic mass is 35.5. The Kier molecular flexibility index (Phi) is 3.47. The van der Waals surface area contributed by atoms with Gasteiger partial charge in [-0.15, -0.1) is 0 Å². The van der Waals surface area contributed by atoms with Crippen LogP contribution in [0.1, 0.15) is 11.4 Å². The lowest BCUT2D eigenvalue weighted by molar-refractivity contribution is 0.731. The van der Waals surface area contributed by atoms with Crippen LogP contribution >= 0.6 is 23.8 Å². The minimum atomic E-state index is 0.603. The third-order valence-electron chi connectivity index (χ3n) is 3.61. The Bertz CT molecular complexity index is 847. The predicted octanol–water partition coefficient (Wildman–Crippen LogP) is 3.89. The fourth-order valence-electron chi connectivity index (χ4n) is 2.40. The maximum Gasteiger partial charge on any atom is 0.182 e. The number of thiocarbonyl (C=S) groups is 1. The minimum Gasteiger partial charge on any atom is -0.329 e. The van der Waals surface area contributed by atoms with Crippen molar-refractivity contribution in [2.45, 2.75) is 13.8 Å². The van der Waals surface area contributed by atoms with Gasteiger partial charge in [0.25, 0.3) is 0 Å². The number of anilines is 1. The first-order valence-electron chi connectivity index (χ1n) is 6.55. The molecule has 0 aliphatic rings. The SMILES string of the molecule is Cc1nn(C)c(C)c1NC(=S)n1ccc2ccc(Cl)cc21. The Morgan fingerprint density at radius 1 is 1.29 bits per heavy atom. The van der Waals surface area contributed by atoms with Crippen LogP contribution in [0.4, 0.5) is 5.69 Å². The molecule has 0 saturated carbocycles. The van der Waals surface area contributed by atoms with Crippen molar-refractivity contribution in [1.29, 1.82) is 0 Å². The first kappa shape index (κ1) is 14.1. The van der Waals surface area contributed by atoms with Gasteiger partial charge in [0.05, 0.1) is 22.6 Å². The molecule has 3 rings (SSSR count). The first-order valence-corrected chi connectivity index (χ1v) is 7.34. The molecule has 2 aromatic heterocycles. The number of halogens is 1. The van der Waals surface area contributed by atoms with E-state index in [1.54, 1.807) is 0 Å². The maximum absolute atomic E-state index is 6.08. The average molecular weight is 319 g/mol. The third-order valence-corrected chi connectivity index (χ3v) is 4.15. The molecule has 108 valence electrons. The molecule has 3 aromatic rings. The number of nitrogens with zero attached hydrogens (tertiary/aromatic N) is 3. The van der Waals surface area contributed by atoms with E-state index in [1.165, 1.54) is 0 Å². The Morgan fingerprint density at radius 3 is 2.71 bits per heavy atom. The van der Waals surface area contributed by atoms with E-state index in [0.717, 1.165) is 28.0 Å². The van der Waals surface area contributed by atoms with Gasteiger partial charge < -0.3 is 5.32 Å². The molecule has 0 aliphatic carbocycles. The Labute approximate surface area is 133 Å². The number of nitrogens with one attached hydrogen (secondary N) is 1. The topological polar surface area (TPSA) is 34.8 Å². The molecule has 0 unspecified atom stereocenters. The van der Waals surface area contributed by atoms with Crippen molar-refractivity contribution in [1.82, 2.24) is 14.3 Å². The van der Waals surface area contributed by atoms with Gasteiger partial charge in [-0.1, -0.05) is 17.7 Å². The fraction of sp³-hybridized carbons (Fsp3) is 0.200. The van der Waals surface area contributed by atoms with Gasteiger partial charge in [0.1, 0.15) is 0 Å². The zero-order valence-corrected chi connectivity index (χ0v) is 13.6. The van der Waals surface area contributed by atoms with E-state index in [0.29, 0.717) is 10.1 Å². The van der Waals surface area contributed by atoms with Crippen LogP contribution in [0.2, 0.25) is 5.02 Å². The van der Waals surface area contributed by atoms with E-state index in [9.17, 15) is 0 Å². The summed E-state index contributed by atoms with van der Waals surface area (Å²) in [6, 6.07) is 7.79. The highest BCUT2D eigenvalue weighted by molar-refractivity contribution is 7.80. The van der Waals surface area contributed by atoms with Crippen molar-refractivity contribution in [3.8, 4) is 0 Å². The Hall–Kier alpha value is -1.85. The van der Waals surface area contributed by atoms with Crippen molar-refractivity contribution in [2.24, 2.45) is 7.05 Å². The van der Waals surface area contributed by atoms with Crippen LogP contribution in [-0.2, 0) is 7.05 Å². The first-order chi connectivity index (χ1) is 9.97. The Balaban J connectivity index is 1.99. The molecule has 2 heterocycles. The van der Waals surface area contributed by atoms with Crippen molar-refractivity contribution >= 4 is 45.5 Å². The monoisotopic (exact) mass is 318 g/mol. The molecular formula is C15H15ClN4S. The van der Waals surface area contributed by atoms with E-state index >= 15 is 0 Å². The summed E-state index contributed by atoms with van der Waals surface area (Å²) in [6.45, 7) is 3.97. The molecule has 0 bridgehead atoms. The molecule has 6 heteroatoms. The lowest BCUT2D eigenvalue weighted by atomic mass is 10.2. The molecular weight excluding hydrogens is 304 g/mol. The quantitative estimate of drug-likeness (QED) is 0.691. The number of hydrogen-bond acceptors (Lipinski definition) is 2. The van der Waals surface area contributed by atoms with Crippen LogP contribution in [0.5, 0.6) is 0 Å². The zero-order valence-electron chi connectivity index (χ0n) is 12.0. The molecule has 1 aromatic carbocycles. The smallest absolute Gasteiger partial charge is 0.182 e. The van der Waals surface area contributed by atoms with E-state index in [2.05, 4.69) is 10.4 Å². The maximum atomic E-state index is 6.08. The van der Waals surface area contributed by atoms with Crippen LogP contribution in [0.3, 0.4) is 0 Å². The highest BCUT2D eigenvalue weighted by Crippen LogP contribution is 2.23. The van der Waals surface area contributed by atoms with Crippen molar-refractivity contribution in [2.75, 3.05) is 5.32 Å². The summed E-state index contributed by atoms with van der Waals surface area (Å²) in [6.07, 6.45) is 1.94. The van der Waals surface area contributed by atoms with Gasteiger partial charge in [0.2, 0.25) is 0 Å². The van der Waals surface area contributed by atoms with Crippen molar-refractivity contribution in [3.05, 3.63) is 46.9 Å². The summed E-state index contributed by atoms with van der Waals surface area (Å²) in [4.78, 5) is 0. The summed E-state index contributed by atoms with van der Waals surface area (Å²) in [5.41, 5.74) is 3.90.